The molecule has 1 amide bonds. The van der Waals surface area contributed by atoms with Gasteiger partial charge in [-0.3, -0.25) is 4.79 Å². The van der Waals surface area contributed by atoms with Crippen molar-refractivity contribution in [1.82, 2.24) is 10.2 Å². The van der Waals surface area contributed by atoms with E-state index in [1.54, 1.807) is 0 Å². The van der Waals surface area contributed by atoms with Gasteiger partial charge in [-0.05, 0) is 48.7 Å². The Balaban J connectivity index is 0.00000192. The molecule has 0 spiro atoms. The van der Waals surface area contributed by atoms with Crippen molar-refractivity contribution in [2.24, 2.45) is 5.92 Å². The lowest BCUT2D eigenvalue weighted by Gasteiger charge is -2.32. The molecule has 0 aliphatic carbocycles. The third-order valence-electron chi connectivity index (χ3n) is 4.68. The van der Waals surface area contributed by atoms with Crippen LogP contribution in [0.15, 0.2) is 42.5 Å². The molecule has 3 rings (SSSR count). The van der Waals surface area contributed by atoms with Crippen LogP contribution in [-0.4, -0.2) is 37.5 Å². The van der Waals surface area contributed by atoms with Gasteiger partial charge in [-0.25, -0.2) is 0 Å². The van der Waals surface area contributed by atoms with Gasteiger partial charge in [0.1, 0.15) is 0 Å². The van der Waals surface area contributed by atoms with Gasteiger partial charge in [-0.1, -0.05) is 42.5 Å². The van der Waals surface area contributed by atoms with Crippen LogP contribution in [0.1, 0.15) is 18.4 Å². The average Bonchev–Trinajstić information content (AvgIpc) is 2.56. The second kappa shape index (κ2) is 8.32. The number of hydrogen-bond acceptors (Lipinski definition) is 2. The Labute approximate surface area is 144 Å². The first-order chi connectivity index (χ1) is 10.8. The van der Waals surface area contributed by atoms with E-state index >= 15 is 0 Å². The highest BCUT2D eigenvalue weighted by molar-refractivity contribution is 5.90. The summed E-state index contributed by atoms with van der Waals surface area (Å²) in [5.41, 5.74) is 1.14. The molecule has 1 heterocycles. The molecule has 0 atom stereocenters. The molecule has 2 aromatic rings. The first kappa shape index (κ1) is 17.8. The highest BCUT2D eigenvalue weighted by Gasteiger charge is 2.22. The first-order valence-corrected chi connectivity index (χ1v) is 8.17. The lowest BCUT2D eigenvalue weighted by atomic mass is 9.96. The maximum atomic E-state index is 12.6. The lowest BCUT2D eigenvalue weighted by molar-refractivity contribution is -0.131. The summed E-state index contributed by atoms with van der Waals surface area (Å²) in [6, 6.07) is 14.5. The fraction of sp³-hybridized carbons (Fsp3) is 0.421. The Morgan fingerprint density at radius 2 is 1.83 bits per heavy atom. The summed E-state index contributed by atoms with van der Waals surface area (Å²) < 4.78 is 0. The number of hydrogen-bond donors (Lipinski definition) is 1. The van der Waals surface area contributed by atoms with Gasteiger partial charge < -0.3 is 10.2 Å². The van der Waals surface area contributed by atoms with E-state index in [2.05, 4.69) is 29.6 Å². The molecule has 1 aliphatic heterocycles. The zero-order valence-electron chi connectivity index (χ0n) is 13.6. The topological polar surface area (TPSA) is 32.3 Å². The molecule has 1 saturated heterocycles. The van der Waals surface area contributed by atoms with Crippen molar-refractivity contribution in [1.29, 1.82) is 0 Å². The zero-order chi connectivity index (χ0) is 15.4. The fourth-order valence-electron chi connectivity index (χ4n) is 3.40. The summed E-state index contributed by atoms with van der Waals surface area (Å²) in [6.07, 6.45) is 2.74. The highest BCUT2D eigenvalue weighted by Crippen LogP contribution is 2.21. The van der Waals surface area contributed by atoms with E-state index in [4.69, 9.17) is 0 Å². The third-order valence-corrected chi connectivity index (χ3v) is 4.68. The number of nitrogens with zero attached hydrogens (tertiary/aromatic N) is 1. The van der Waals surface area contributed by atoms with Gasteiger partial charge in [-0.15, -0.1) is 12.4 Å². The molecule has 1 N–H and O–H groups in total. The van der Waals surface area contributed by atoms with Crippen molar-refractivity contribution in [3.63, 3.8) is 0 Å². The number of fused-ring (bicyclic) bond motifs is 1. The number of halogens is 1. The maximum absolute atomic E-state index is 12.6. The fourth-order valence-corrected chi connectivity index (χ4v) is 3.40. The van der Waals surface area contributed by atoms with E-state index in [0.717, 1.165) is 38.0 Å². The number of piperidine rings is 1. The van der Waals surface area contributed by atoms with Crippen molar-refractivity contribution in [3.05, 3.63) is 48.0 Å². The van der Waals surface area contributed by atoms with Gasteiger partial charge in [0.15, 0.2) is 0 Å². The number of carbonyl (C=O) groups excluding carboxylic acids is 1. The molecule has 23 heavy (non-hydrogen) atoms. The monoisotopic (exact) mass is 332 g/mol. The van der Waals surface area contributed by atoms with E-state index in [1.165, 1.54) is 10.8 Å². The Morgan fingerprint density at radius 3 is 2.57 bits per heavy atom. The third kappa shape index (κ3) is 4.24. The van der Waals surface area contributed by atoms with Gasteiger partial charge in [0.2, 0.25) is 5.91 Å². The molecule has 0 unspecified atom stereocenters. The second-order valence-electron chi connectivity index (χ2n) is 6.20. The summed E-state index contributed by atoms with van der Waals surface area (Å²) in [4.78, 5) is 14.6. The number of carbonyl (C=O) groups is 1. The molecular weight excluding hydrogens is 308 g/mol. The molecule has 4 heteroatoms. The van der Waals surface area contributed by atoms with Gasteiger partial charge in [0, 0.05) is 13.1 Å². The molecule has 0 radical (unpaired) electrons. The predicted molar refractivity (Wildman–Crippen MR) is 98.1 cm³/mol. The van der Waals surface area contributed by atoms with Crippen molar-refractivity contribution < 1.29 is 4.79 Å². The molecule has 0 aromatic heterocycles. The summed E-state index contributed by atoms with van der Waals surface area (Å²) in [5, 5.41) is 5.64. The summed E-state index contributed by atoms with van der Waals surface area (Å²) in [7, 11) is 2.00. The van der Waals surface area contributed by atoms with Gasteiger partial charge in [0.05, 0.1) is 6.42 Å². The largest absolute Gasteiger partial charge is 0.342 e. The molecule has 1 aliphatic rings. The smallest absolute Gasteiger partial charge is 0.227 e. The van der Waals surface area contributed by atoms with Crippen LogP contribution in [0.2, 0.25) is 0 Å². The van der Waals surface area contributed by atoms with E-state index in [-0.39, 0.29) is 18.3 Å². The van der Waals surface area contributed by atoms with Crippen LogP contribution in [0.25, 0.3) is 10.8 Å². The van der Waals surface area contributed by atoms with Crippen LogP contribution in [0, 0.1) is 5.92 Å². The summed E-state index contributed by atoms with van der Waals surface area (Å²) in [6.45, 7) is 2.86. The van der Waals surface area contributed by atoms with E-state index < -0.39 is 0 Å². The molecule has 3 nitrogen and oxygen atoms in total. The lowest BCUT2D eigenvalue weighted by Crippen LogP contribution is -2.41. The predicted octanol–water partition coefficient (Wildman–Crippen LogP) is 3.26. The van der Waals surface area contributed by atoms with Crippen molar-refractivity contribution in [2.45, 2.75) is 19.3 Å². The van der Waals surface area contributed by atoms with Crippen LogP contribution in [0.5, 0.6) is 0 Å². The number of benzene rings is 2. The Hall–Kier alpha value is -1.58. The quantitative estimate of drug-likeness (QED) is 0.932. The van der Waals surface area contributed by atoms with Crippen LogP contribution < -0.4 is 5.32 Å². The minimum absolute atomic E-state index is 0. The van der Waals surface area contributed by atoms with Crippen molar-refractivity contribution in [3.8, 4) is 0 Å². The minimum atomic E-state index is 0. The SMILES string of the molecule is CNCC1CCN(C(=O)Cc2cccc3ccccc23)CC1.Cl. The number of likely N-dealkylation sites (tertiary alicyclic amines) is 1. The normalized spacial score (nSPS) is 15.4. The molecule has 124 valence electrons. The van der Waals surface area contributed by atoms with Crippen molar-refractivity contribution in [2.75, 3.05) is 26.7 Å². The minimum Gasteiger partial charge on any atom is -0.342 e. The number of rotatable bonds is 4. The Morgan fingerprint density at radius 1 is 1.13 bits per heavy atom. The van der Waals surface area contributed by atoms with Gasteiger partial charge >= 0.3 is 0 Å². The molecule has 2 aromatic carbocycles. The highest BCUT2D eigenvalue weighted by atomic mass is 35.5. The molecule has 0 saturated carbocycles. The summed E-state index contributed by atoms with van der Waals surface area (Å²) in [5.74, 6) is 0.978. The van der Waals surface area contributed by atoms with Crippen LogP contribution in [0.4, 0.5) is 0 Å². The van der Waals surface area contributed by atoms with Crippen LogP contribution in [-0.2, 0) is 11.2 Å². The zero-order valence-corrected chi connectivity index (χ0v) is 14.4. The number of amides is 1. The number of nitrogens with one attached hydrogen (secondary N) is 1. The maximum Gasteiger partial charge on any atom is 0.227 e. The standard InChI is InChI=1S/C19H24N2O.ClH/c1-20-14-15-9-11-21(12-10-15)19(22)13-17-7-4-6-16-5-2-3-8-18(16)17;/h2-8,15,20H,9-14H2,1H3;1H. The second-order valence-corrected chi connectivity index (χ2v) is 6.20. The molecular formula is C19H25ClN2O. The Kier molecular flexibility index (Phi) is 6.43. The van der Waals surface area contributed by atoms with Gasteiger partial charge in [0.25, 0.3) is 0 Å². The average molecular weight is 333 g/mol. The van der Waals surface area contributed by atoms with Crippen LogP contribution >= 0.6 is 12.4 Å². The van der Waals surface area contributed by atoms with E-state index in [0.29, 0.717) is 12.3 Å². The summed E-state index contributed by atoms with van der Waals surface area (Å²) >= 11 is 0. The van der Waals surface area contributed by atoms with Gasteiger partial charge in [-0.2, -0.15) is 0 Å². The van der Waals surface area contributed by atoms with Crippen LogP contribution in [0.3, 0.4) is 0 Å². The Bertz CT molecular complexity index is 645. The molecule has 1 fully saturated rings. The first-order valence-electron chi connectivity index (χ1n) is 8.17. The van der Waals surface area contributed by atoms with E-state index in [1.807, 2.05) is 30.1 Å². The molecule has 0 bridgehead atoms. The van der Waals surface area contributed by atoms with E-state index in [9.17, 15) is 4.79 Å². The van der Waals surface area contributed by atoms with Crippen molar-refractivity contribution >= 4 is 29.1 Å².